The third-order valence-corrected chi connectivity index (χ3v) is 4.93. The van der Waals surface area contributed by atoms with Crippen LogP contribution in [0.15, 0.2) is 17.1 Å². The van der Waals surface area contributed by atoms with Crippen molar-refractivity contribution in [2.24, 2.45) is 4.99 Å². The van der Waals surface area contributed by atoms with Crippen LogP contribution in [0.5, 0.6) is 0 Å². The Morgan fingerprint density at radius 3 is 2.94 bits per heavy atom. The predicted molar refractivity (Wildman–Crippen MR) is 79.3 cm³/mol. The molecule has 94 valence electrons. The van der Waals surface area contributed by atoms with Gasteiger partial charge < -0.3 is 5.32 Å². The van der Waals surface area contributed by atoms with Gasteiger partial charge in [0.2, 0.25) is 0 Å². The first-order valence-electron chi connectivity index (χ1n) is 6.19. The van der Waals surface area contributed by atoms with E-state index in [2.05, 4.69) is 43.2 Å². The fraction of sp³-hybridized carbons (Fsp3) is 0.615. The number of aliphatic imine (C=N–C) groups is 1. The molecule has 1 N–H and O–H groups in total. The zero-order chi connectivity index (χ0) is 12.3. The van der Waals surface area contributed by atoms with Gasteiger partial charge in [-0.2, -0.15) is 0 Å². The van der Waals surface area contributed by atoms with E-state index < -0.39 is 0 Å². The van der Waals surface area contributed by atoms with Gasteiger partial charge >= 0.3 is 0 Å². The van der Waals surface area contributed by atoms with E-state index in [0.29, 0.717) is 12.1 Å². The molecule has 2 heterocycles. The van der Waals surface area contributed by atoms with Gasteiger partial charge in [-0.05, 0) is 32.4 Å². The van der Waals surface area contributed by atoms with Crippen LogP contribution in [0.2, 0.25) is 0 Å². The minimum Gasteiger partial charge on any atom is -0.362 e. The molecule has 1 aromatic heterocycles. The molecule has 0 fully saturated rings. The van der Waals surface area contributed by atoms with Crippen molar-refractivity contribution >= 4 is 28.3 Å². The summed E-state index contributed by atoms with van der Waals surface area (Å²) in [6.45, 7) is 6.60. The normalized spacial score (nSPS) is 21.4. The second-order valence-corrected chi connectivity index (χ2v) is 6.95. The van der Waals surface area contributed by atoms with Crippen molar-refractivity contribution in [1.29, 1.82) is 0 Å². The molecule has 2 rings (SSSR count). The Labute approximate surface area is 112 Å². The van der Waals surface area contributed by atoms with Crippen molar-refractivity contribution in [2.45, 2.75) is 45.7 Å². The maximum atomic E-state index is 4.67. The van der Waals surface area contributed by atoms with Gasteiger partial charge in [-0.25, -0.2) is 0 Å². The summed E-state index contributed by atoms with van der Waals surface area (Å²) in [4.78, 5) is 7.52. The first-order valence-corrected chi connectivity index (χ1v) is 8.00. The van der Waals surface area contributed by atoms with Crippen molar-refractivity contribution in [3.05, 3.63) is 21.9 Å². The molecule has 1 aliphatic rings. The van der Waals surface area contributed by atoms with Crippen LogP contribution in [0.3, 0.4) is 0 Å². The van der Waals surface area contributed by atoms with Gasteiger partial charge in [-0.15, -0.1) is 11.3 Å². The third kappa shape index (κ3) is 3.75. The minimum atomic E-state index is 0.468. The summed E-state index contributed by atoms with van der Waals surface area (Å²) in [7, 11) is 0. The Morgan fingerprint density at radius 1 is 1.53 bits per heavy atom. The molecule has 0 bridgehead atoms. The zero-order valence-corrected chi connectivity index (χ0v) is 12.3. The summed E-state index contributed by atoms with van der Waals surface area (Å²) in [6.07, 6.45) is 2.24. The summed E-state index contributed by atoms with van der Waals surface area (Å²) in [5.41, 5.74) is 0. The highest BCUT2D eigenvalue weighted by molar-refractivity contribution is 8.14. The van der Waals surface area contributed by atoms with Crippen molar-refractivity contribution in [1.82, 2.24) is 5.32 Å². The number of rotatable bonds is 4. The van der Waals surface area contributed by atoms with E-state index in [4.69, 9.17) is 0 Å². The van der Waals surface area contributed by atoms with E-state index in [0.717, 1.165) is 23.8 Å². The molecule has 0 saturated heterocycles. The van der Waals surface area contributed by atoms with Crippen LogP contribution in [-0.4, -0.2) is 23.0 Å². The van der Waals surface area contributed by atoms with Gasteiger partial charge in [-0.1, -0.05) is 18.7 Å². The van der Waals surface area contributed by atoms with E-state index in [-0.39, 0.29) is 0 Å². The quantitative estimate of drug-likeness (QED) is 0.904. The topological polar surface area (TPSA) is 24.4 Å². The molecule has 0 aromatic carbocycles. The highest BCUT2D eigenvalue weighted by Gasteiger charge is 2.17. The molecule has 2 unspecified atom stereocenters. The third-order valence-electron chi connectivity index (χ3n) is 2.86. The van der Waals surface area contributed by atoms with E-state index in [9.17, 15) is 0 Å². The SMILES string of the molecule is CCC1CSC(NC(C)Cc2ccc(C)s2)=N1. The fourth-order valence-electron chi connectivity index (χ4n) is 1.86. The molecule has 0 amide bonds. The largest absolute Gasteiger partial charge is 0.362 e. The van der Waals surface area contributed by atoms with Crippen LogP contribution in [0.25, 0.3) is 0 Å². The van der Waals surface area contributed by atoms with Crippen LogP contribution in [0.4, 0.5) is 0 Å². The molecule has 1 aromatic rings. The fourth-order valence-corrected chi connectivity index (χ4v) is 4.05. The second kappa shape index (κ2) is 5.91. The molecule has 0 aliphatic carbocycles. The summed E-state index contributed by atoms with van der Waals surface area (Å²) < 4.78 is 0. The molecule has 4 heteroatoms. The number of hydrogen-bond donors (Lipinski definition) is 1. The molecule has 2 atom stereocenters. The molecule has 1 aliphatic heterocycles. The smallest absolute Gasteiger partial charge is 0.157 e. The lowest BCUT2D eigenvalue weighted by Crippen LogP contribution is -2.31. The molecule has 0 saturated carbocycles. The number of hydrogen-bond acceptors (Lipinski definition) is 4. The molecule has 0 radical (unpaired) electrons. The molecule has 17 heavy (non-hydrogen) atoms. The summed E-state index contributed by atoms with van der Waals surface area (Å²) >= 11 is 3.75. The Morgan fingerprint density at radius 2 is 2.35 bits per heavy atom. The van der Waals surface area contributed by atoms with Gasteiger partial charge in [0, 0.05) is 28.0 Å². The minimum absolute atomic E-state index is 0.468. The number of amidine groups is 1. The van der Waals surface area contributed by atoms with Crippen molar-refractivity contribution in [3.63, 3.8) is 0 Å². The van der Waals surface area contributed by atoms with Crippen LogP contribution in [0, 0.1) is 6.92 Å². The van der Waals surface area contributed by atoms with Crippen molar-refractivity contribution in [3.8, 4) is 0 Å². The van der Waals surface area contributed by atoms with Gasteiger partial charge in [0.1, 0.15) is 0 Å². The number of thiophene rings is 1. The summed E-state index contributed by atoms with van der Waals surface area (Å²) in [5, 5.41) is 4.66. The Balaban J connectivity index is 1.83. The van der Waals surface area contributed by atoms with Crippen molar-refractivity contribution < 1.29 is 0 Å². The van der Waals surface area contributed by atoms with Crippen LogP contribution >= 0.6 is 23.1 Å². The Hall–Kier alpha value is -0.480. The molecular formula is C13H20N2S2. The van der Waals surface area contributed by atoms with E-state index in [1.165, 1.54) is 9.75 Å². The maximum absolute atomic E-state index is 4.67. The predicted octanol–water partition coefficient (Wildman–Crippen LogP) is 3.46. The number of aryl methyl sites for hydroxylation is 1. The summed E-state index contributed by atoms with van der Waals surface area (Å²) in [6, 6.07) is 5.42. The number of thioether (sulfide) groups is 1. The highest BCUT2D eigenvalue weighted by atomic mass is 32.2. The molecule has 2 nitrogen and oxygen atoms in total. The highest BCUT2D eigenvalue weighted by Crippen LogP contribution is 2.20. The second-order valence-electron chi connectivity index (χ2n) is 4.57. The standard InChI is InChI=1S/C13H20N2S2/c1-4-11-8-16-13(15-11)14-9(2)7-12-6-5-10(3)17-12/h5-6,9,11H,4,7-8H2,1-3H3,(H,14,15). The lowest BCUT2D eigenvalue weighted by molar-refractivity contribution is 0.664. The average molecular weight is 268 g/mol. The van der Waals surface area contributed by atoms with E-state index >= 15 is 0 Å². The van der Waals surface area contributed by atoms with Gasteiger partial charge in [0.25, 0.3) is 0 Å². The van der Waals surface area contributed by atoms with Gasteiger partial charge in [0.05, 0.1) is 6.04 Å². The number of nitrogens with zero attached hydrogens (tertiary/aromatic N) is 1. The number of nitrogens with one attached hydrogen (secondary N) is 1. The van der Waals surface area contributed by atoms with Crippen molar-refractivity contribution in [2.75, 3.05) is 5.75 Å². The Kier molecular flexibility index (Phi) is 4.51. The van der Waals surface area contributed by atoms with Gasteiger partial charge in [-0.3, -0.25) is 4.99 Å². The maximum Gasteiger partial charge on any atom is 0.157 e. The Bertz CT molecular complexity index is 398. The van der Waals surface area contributed by atoms with E-state index in [1.807, 2.05) is 23.1 Å². The molecule has 0 spiro atoms. The van der Waals surface area contributed by atoms with E-state index in [1.54, 1.807) is 0 Å². The first kappa shape index (κ1) is 13.0. The zero-order valence-electron chi connectivity index (χ0n) is 10.7. The average Bonchev–Trinajstić information content (AvgIpc) is 2.88. The van der Waals surface area contributed by atoms with Crippen LogP contribution in [0.1, 0.15) is 30.0 Å². The summed E-state index contributed by atoms with van der Waals surface area (Å²) in [5.74, 6) is 1.14. The molecular weight excluding hydrogens is 248 g/mol. The monoisotopic (exact) mass is 268 g/mol. The lowest BCUT2D eigenvalue weighted by Gasteiger charge is -2.13. The van der Waals surface area contributed by atoms with Crippen LogP contribution < -0.4 is 5.32 Å². The first-order chi connectivity index (χ1) is 8.17. The van der Waals surface area contributed by atoms with Crippen LogP contribution in [-0.2, 0) is 6.42 Å². The van der Waals surface area contributed by atoms with Gasteiger partial charge in [0.15, 0.2) is 5.17 Å². The lowest BCUT2D eigenvalue weighted by atomic mass is 10.2.